The third kappa shape index (κ3) is 5.26. The number of carbonyl (C=O) groups is 2. The molecular weight excluding hydrogens is 370 g/mol. The number of anilines is 1. The highest BCUT2D eigenvalue weighted by Gasteiger charge is 2.18. The largest absolute Gasteiger partial charge is 0.478 e. The Morgan fingerprint density at radius 2 is 1.69 bits per heavy atom. The molecule has 0 saturated carbocycles. The van der Waals surface area contributed by atoms with Gasteiger partial charge in [-0.05, 0) is 23.6 Å². The highest BCUT2D eigenvalue weighted by Crippen LogP contribution is 2.32. The van der Waals surface area contributed by atoms with E-state index in [2.05, 4.69) is 46.7 Å². The molecule has 3 N–H and O–H groups in total. The second kappa shape index (κ2) is 9.27. The first-order valence-corrected chi connectivity index (χ1v) is 8.92. The molecule has 0 amide bonds. The van der Waals surface area contributed by atoms with Crippen LogP contribution in [0.2, 0.25) is 0 Å². The lowest BCUT2D eigenvalue weighted by Crippen LogP contribution is -2.08. The highest BCUT2D eigenvalue weighted by molar-refractivity contribution is 6.25. The number of nitrogens with one attached hydrogen (secondary N) is 1. The van der Waals surface area contributed by atoms with Crippen LogP contribution in [0.5, 0.6) is 0 Å². The van der Waals surface area contributed by atoms with Gasteiger partial charge in [-0.3, -0.25) is 9.98 Å². The Bertz CT molecular complexity index is 1070. The van der Waals surface area contributed by atoms with Crippen LogP contribution in [0.3, 0.4) is 0 Å². The Balaban J connectivity index is 0.000000258. The lowest BCUT2D eigenvalue weighted by atomic mass is 10.1. The molecule has 2 aromatic carbocycles. The smallest absolute Gasteiger partial charge is 0.328 e. The van der Waals surface area contributed by atoms with E-state index in [1.807, 2.05) is 24.4 Å². The molecule has 0 aliphatic carbocycles. The van der Waals surface area contributed by atoms with Crippen LogP contribution in [-0.4, -0.2) is 39.5 Å². The van der Waals surface area contributed by atoms with Crippen molar-refractivity contribution >= 4 is 34.2 Å². The molecule has 0 fully saturated rings. The van der Waals surface area contributed by atoms with Crippen molar-refractivity contribution in [3.63, 3.8) is 0 Å². The number of pyridine rings is 1. The zero-order valence-corrected chi connectivity index (χ0v) is 15.4. The number of aromatic nitrogens is 1. The van der Waals surface area contributed by atoms with Crippen molar-refractivity contribution < 1.29 is 19.8 Å². The van der Waals surface area contributed by atoms with Crippen LogP contribution in [-0.2, 0) is 16.0 Å². The summed E-state index contributed by atoms with van der Waals surface area (Å²) in [6, 6.07) is 18.7. The molecule has 0 spiro atoms. The third-order valence-electron chi connectivity index (χ3n) is 4.15. The number of aliphatic carboxylic acids is 2. The molecule has 1 aliphatic heterocycles. The van der Waals surface area contributed by atoms with E-state index in [1.54, 1.807) is 0 Å². The molecule has 29 heavy (non-hydrogen) atoms. The minimum atomic E-state index is -1.26. The highest BCUT2D eigenvalue weighted by atomic mass is 16.4. The lowest BCUT2D eigenvalue weighted by molar-refractivity contribution is -0.134. The number of carboxylic acid groups (broad SMARTS) is 2. The summed E-state index contributed by atoms with van der Waals surface area (Å²) in [5, 5.41) is 21.6. The van der Waals surface area contributed by atoms with Gasteiger partial charge in [-0.1, -0.05) is 36.4 Å². The Kier molecular flexibility index (Phi) is 6.32. The first-order chi connectivity index (χ1) is 14.0. The Morgan fingerprint density at radius 3 is 2.34 bits per heavy atom. The van der Waals surface area contributed by atoms with Crippen LogP contribution in [0.15, 0.2) is 77.9 Å². The molecule has 4 rings (SSSR count). The van der Waals surface area contributed by atoms with Crippen LogP contribution in [0.25, 0.3) is 10.8 Å². The molecule has 0 radical (unpaired) electrons. The number of benzene rings is 2. The second-order valence-corrected chi connectivity index (χ2v) is 6.15. The van der Waals surface area contributed by atoms with Crippen molar-refractivity contribution in [2.45, 2.75) is 6.42 Å². The topological polar surface area (TPSA) is 112 Å². The maximum atomic E-state index is 9.55. The Hall–Kier alpha value is -4.00. The van der Waals surface area contributed by atoms with Crippen LogP contribution in [0.1, 0.15) is 11.3 Å². The molecule has 1 aromatic heterocycles. The van der Waals surface area contributed by atoms with E-state index in [4.69, 9.17) is 15.2 Å². The molecule has 1 aliphatic rings. The number of hydrogen-bond acceptors (Lipinski definition) is 4. The summed E-state index contributed by atoms with van der Waals surface area (Å²) < 4.78 is 0. The molecule has 7 nitrogen and oxygen atoms in total. The molecule has 0 unspecified atom stereocenters. The number of rotatable bonds is 5. The lowest BCUT2D eigenvalue weighted by Gasteiger charge is -2.01. The fraction of sp³-hybridized carbons (Fsp3) is 0.0909. The van der Waals surface area contributed by atoms with Gasteiger partial charge in [0, 0.05) is 53.6 Å². The van der Waals surface area contributed by atoms with Gasteiger partial charge in [0.15, 0.2) is 0 Å². The quantitative estimate of drug-likeness (QED) is 0.577. The van der Waals surface area contributed by atoms with Crippen LogP contribution in [0.4, 0.5) is 5.69 Å². The van der Waals surface area contributed by atoms with Crippen molar-refractivity contribution in [1.82, 2.24) is 4.98 Å². The first-order valence-electron chi connectivity index (χ1n) is 8.92. The zero-order valence-electron chi connectivity index (χ0n) is 15.4. The summed E-state index contributed by atoms with van der Waals surface area (Å²) in [5.74, 6) is -1.54. The average molecular weight is 389 g/mol. The van der Waals surface area contributed by atoms with Crippen molar-refractivity contribution in [2.24, 2.45) is 4.99 Å². The summed E-state index contributed by atoms with van der Waals surface area (Å²) in [4.78, 5) is 28.2. The van der Waals surface area contributed by atoms with Crippen LogP contribution >= 0.6 is 0 Å². The number of amidine groups is 1. The zero-order chi connectivity index (χ0) is 20.6. The van der Waals surface area contributed by atoms with E-state index < -0.39 is 11.9 Å². The Labute approximate surface area is 167 Å². The monoisotopic (exact) mass is 389 g/mol. The summed E-state index contributed by atoms with van der Waals surface area (Å²) >= 11 is 0. The third-order valence-corrected chi connectivity index (χ3v) is 4.15. The maximum Gasteiger partial charge on any atom is 0.328 e. The van der Waals surface area contributed by atoms with E-state index in [-0.39, 0.29) is 0 Å². The van der Waals surface area contributed by atoms with E-state index in [9.17, 15) is 9.59 Å². The summed E-state index contributed by atoms with van der Waals surface area (Å²) in [7, 11) is 0. The van der Waals surface area contributed by atoms with Crippen LogP contribution < -0.4 is 5.32 Å². The van der Waals surface area contributed by atoms with E-state index in [0.29, 0.717) is 12.2 Å². The molecule has 0 bridgehead atoms. The van der Waals surface area contributed by atoms with Gasteiger partial charge in [0.25, 0.3) is 0 Å². The minimum absolute atomic E-state index is 0.558. The number of aliphatic imine (C=N–C) groups is 1. The molecule has 0 saturated heterocycles. The van der Waals surface area contributed by atoms with Gasteiger partial charge in [-0.15, -0.1) is 0 Å². The fourth-order valence-electron chi connectivity index (χ4n) is 2.93. The van der Waals surface area contributed by atoms with Crippen molar-refractivity contribution in [1.29, 1.82) is 0 Å². The minimum Gasteiger partial charge on any atom is -0.478 e. The van der Waals surface area contributed by atoms with Gasteiger partial charge in [0.1, 0.15) is 5.84 Å². The summed E-state index contributed by atoms with van der Waals surface area (Å²) in [6.07, 6.45) is 3.80. The molecule has 3 aromatic rings. The van der Waals surface area contributed by atoms with Gasteiger partial charge in [-0.2, -0.15) is 0 Å². The predicted octanol–water partition coefficient (Wildman–Crippen LogP) is 3.36. The van der Waals surface area contributed by atoms with Crippen molar-refractivity contribution in [2.75, 3.05) is 11.9 Å². The van der Waals surface area contributed by atoms with Crippen molar-refractivity contribution in [3.8, 4) is 0 Å². The van der Waals surface area contributed by atoms with E-state index in [1.165, 1.54) is 16.3 Å². The molecule has 7 heteroatoms. The van der Waals surface area contributed by atoms with E-state index in [0.717, 1.165) is 30.2 Å². The summed E-state index contributed by atoms with van der Waals surface area (Å²) in [5.41, 5.74) is 3.43. The average Bonchev–Trinajstić information content (AvgIpc) is 3.08. The predicted molar refractivity (Wildman–Crippen MR) is 111 cm³/mol. The number of nitrogens with zero attached hydrogens (tertiary/aromatic N) is 2. The van der Waals surface area contributed by atoms with Gasteiger partial charge < -0.3 is 15.5 Å². The van der Waals surface area contributed by atoms with Crippen molar-refractivity contribution in [3.05, 3.63) is 84.2 Å². The van der Waals surface area contributed by atoms with E-state index >= 15 is 0 Å². The molecule has 146 valence electrons. The first kappa shape index (κ1) is 19.8. The molecular formula is C22H19N3O4. The molecule has 0 atom stereocenters. The van der Waals surface area contributed by atoms with Gasteiger partial charge >= 0.3 is 11.9 Å². The maximum absolute atomic E-state index is 9.55. The summed E-state index contributed by atoms with van der Waals surface area (Å²) in [6.45, 7) is 0.740. The van der Waals surface area contributed by atoms with Gasteiger partial charge in [0.2, 0.25) is 0 Å². The number of hydrogen-bond donors (Lipinski definition) is 3. The number of carboxylic acids is 2. The Morgan fingerprint density at radius 1 is 0.966 bits per heavy atom. The van der Waals surface area contributed by atoms with Crippen LogP contribution in [0, 0.1) is 0 Å². The normalized spacial score (nSPS) is 13.2. The second-order valence-electron chi connectivity index (χ2n) is 6.15. The molecule has 2 heterocycles. The standard InChI is InChI=1S/C18H15N3.C4H4O4/c1-2-11-19-14(7-1)10-12-20-18-15-8-3-5-13-6-4-9-16(21-18)17(13)15;5-3(6)1-2-4(7)8/h1-9,11H,10,12H2,(H,20,21);1-2H,(H,5,6)(H,7,8)/b;2-1+. The SMILES string of the molecule is O=C(O)/C=C/C(=O)O.c1ccc(CCN=C2Nc3cccc4cccc2c34)nc1. The fourth-order valence-corrected chi connectivity index (χ4v) is 2.93. The van der Waals surface area contributed by atoms with Gasteiger partial charge in [0.05, 0.1) is 0 Å². The van der Waals surface area contributed by atoms with Gasteiger partial charge in [-0.25, -0.2) is 9.59 Å².